The van der Waals surface area contributed by atoms with Gasteiger partial charge in [0.05, 0.1) is 0 Å². The third-order valence-electron chi connectivity index (χ3n) is 3.15. The van der Waals surface area contributed by atoms with E-state index in [2.05, 4.69) is 19.2 Å². The van der Waals surface area contributed by atoms with Gasteiger partial charge in [0.25, 0.3) is 0 Å². The highest BCUT2D eigenvalue weighted by Crippen LogP contribution is 2.20. The van der Waals surface area contributed by atoms with Crippen molar-refractivity contribution in [1.82, 2.24) is 5.32 Å². The summed E-state index contributed by atoms with van der Waals surface area (Å²) in [7, 11) is 0. The van der Waals surface area contributed by atoms with E-state index < -0.39 is 0 Å². The van der Waals surface area contributed by atoms with E-state index >= 15 is 0 Å². The van der Waals surface area contributed by atoms with Gasteiger partial charge in [0, 0.05) is 11.6 Å². The summed E-state index contributed by atoms with van der Waals surface area (Å²) in [6.45, 7) is 8.62. The molecule has 1 aromatic rings. The Hall–Kier alpha value is -0.960. The highest BCUT2D eigenvalue weighted by Gasteiger charge is 2.13. The first-order valence-corrected chi connectivity index (χ1v) is 6.60. The second-order valence-electron chi connectivity index (χ2n) is 5.33. The molecule has 1 unspecified atom stereocenters. The number of aryl methyl sites for hydroxylation is 1. The lowest BCUT2D eigenvalue weighted by Gasteiger charge is -2.16. The third kappa shape index (κ3) is 4.37. The summed E-state index contributed by atoms with van der Waals surface area (Å²) in [5.41, 5.74) is 0.755. The molecule has 1 nitrogen and oxygen atoms in total. The number of hydrogen-bond donors (Lipinski definition) is 1. The maximum atomic E-state index is 13.7. The minimum Gasteiger partial charge on any atom is -0.310 e. The largest absolute Gasteiger partial charge is 0.310 e. The van der Waals surface area contributed by atoms with Gasteiger partial charge in [-0.05, 0) is 56.8 Å². The maximum absolute atomic E-state index is 13.7. The topological polar surface area (TPSA) is 12.0 Å². The van der Waals surface area contributed by atoms with Crippen LogP contribution in [0.1, 0.15) is 50.8 Å². The van der Waals surface area contributed by atoms with Crippen molar-refractivity contribution in [3.8, 4) is 0 Å². The number of benzene rings is 1. The van der Waals surface area contributed by atoms with Gasteiger partial charge < -0.3 is 5.32 Å². The molecular formula is C15H23F2N. The minimum absolute atomic E-state index is 0.160. The highest BCUT2D eigenvalue weighted by atomic mass is 19.1. The van der Waals surface area contributed by atoms with Crippen LogP contribution in [0.25, 0.3) is 0 Å². The van der Waals surface area contributed by atoms with Crippen molar-refractivity contribution in [2.75, 3.05) is 6.54 Å². The smallest absolute Gasteiger partial charge is 0.128 e. The summed E-state index contributed by atoms with van der Waals surface area (Å²) in [5.74, 6) is -0.00403. The standard InChI is InChI=1S/C15H23F2N/c1-10(2)6-5-7-18-12(4)13-9-14(16)11(3)8-15(13)17/h8-10,12,18H,5-7H2,1-4H3. The zero-order valence-electron chi connectivity index (χ0n) is 11.7. The van der Waals surface area contributed by atoms with Crippen molar-refractivity contribution in [1.29, 1.82) is 0 Å². The Balaban J connectivity index is 2.56. The van der Waals surface area contributed by atoms with Crippen molar-refractivity contribution in [3.05, 3.63) is 34.9 Å². The van der Waals surface area contributed by atoms with Crippen LogP contribution < -0.4 is 5.32 Å². The van der Waals surface area contributed by atoms with Gasteiger partial charge in [-0.15, -0.1) is 0 Å². The second-order valence-corrected chi connectivity index (χ2v) is 5.33. The molecule has 0 aliphatic heterocycles. The molecule has 1 rings (SSSR count). The van der Waals surface area contributed by atoms with Gasteiger partial charge in [-0.3, -0.25) is 0 Å². The SMILES string of the molecule is Cc1cc(F)c(C(C)NCCCC(C)C)cc1F. The lowest BCUT2D eigenvalue weighted by atomic mass is 10.0. The van der Waals surface area contributed by atoms with Crippen LogP contribution in [0.2, 0.25) is 0 Å². The predicted molar refractivity (Wildman–Crippen MR) is 71.6 cm³/mol. The lowest BCUT2D eigenvalue weighted by Crippen LogP contribution is -2.21. The number of nitrogens with one attached hydrogen (secondary N) is 1. The molecule has 0 amide bonds. The summed E-state index contributed by atoms with van der Waals surface area (Å²) in [6, 6.07) is 2.40. The Morgan fingerprint density at radius 1 is 1.11 bits per heavy atom. The normalized spacial score (nSPS) is 13.1. The summed E-state index contributed by atoms with van der Waals surface area (Å²) in [5, 5.41) is 3.24. The molecule has 1 N–H and O–H groups in total. The fraction of sp³-hybridized carbons (Fsp3) is 0.600. The maximum Gasteiger partial charge on any atom is 0.128 e. The van der Waals surface area contributed by atoms with E-state index in [-0.39, 0.29) is 17.7 Å². The van der Waals surface area contributed by atoms with Crippen molar-refractivity contribution >= 4 is 0 Å². The van der Waals surface area contributed by atoms with Crippen LogP contribution >= 0.6 is 0 Å². The van der Waals surface area contributed by atoms with Gasteiger partial charge in [-0.25, -0.2) is 8.78 Å². The first-order chi connectivity index (χ1) is 8.41. The van der Waals surface area contributed by atoms with Gasteiger partial charge in [0.15, 0.2) is 0 Å². The zero-order chi connectivity index (χ0) is 13.7. The number of hydrogen-bond acceptors (Lipinski definition) is 1. The van der Waals surface area contributed by atoms with E-state index in [1.165, 1.54) is 12.1 Å². The Bertz CT molecular complexity index is 388. The fourth-order valence-electron chi connectivity index (χ4n) is 1.93. The average molecular weight is 255 g/mol. The molecule has 1 atom stereocenters. The van der Waals surface area contributed by atoms with Crippen LogP contribution in [-0.2, 0) is 0 Å². The first-order valence-electron chi connectivity index (χ1n) is 6.60. The van der Waals surface area contributed by atoms with E-state index in [0.29, 0.717) is 17.0 Å². The highest BCUT2D eigenvalue weighted by molar-refractivity contribution is 5.27. The van der Waals surface area contributed by atoms with Crippen LogP contribution in [0.5, 0.6) is 0 Å². The average Bonchev–Trinajstić information content (AvgIpc) is 2.28. The van der Waals surface area contributed by atoms with E-state index in [0.717, 1.165) is 19.4 Å². The van der Waals surface area contributed by atoms with Gasteiger partial charge >= 0.3 is 0 Å². The van der Waals surface area contributed by atoms with Gasteiger partial charge in [0.1, 0.15) is 11.6 Å². The van der Waals surface area contributed by atoms with Crippen molar-refractivity contribution < 1.29 is 8.78 Å². The van der Waals surface area contributed by atoms with Crippen LogP contribution in [-0.4, -0.2) is 6.54 Å². The molecule has 3 heteroatoms. The molecular weight excluding hydrogens is 232 g/mol. The lowest BCUT2D eigenvalue weighted by molar-refractivity contribution is 0.480. The Labute approximate surface area is 109 Å². The molecule has 0 radical (unpaired) electrons. The van der Waals surface area contributed by atoms with Crippen LogP contribution in [0.3, 0.4) is 0 Å². The summed E-state index contributed by atoms with van der Waals surface area (Å²) >= 11 is 0. The van der Waals surface area contributed by atoms with Crippen molar-refractivity contribution in [3.63, 3.8) is 0 Å². The molecule has 0 saturated heterocycles. The Kier molecular flexibility index (Phi) is 5.73. The molecule has 102 valence electrons. The van der Waals surface area contributed by atoms with Crippen LogP contribution in [0.15, 0.2) is 12.1 Å². The zero-order valence-corrected chi connectivity index (χ0v) is 11.7. The molecule has 18 heavy (non-hydrogen) atoms. The van der Waals surface area contributed by atoms with Crippen LogP contribution in [0, 0.1) is 24.5 Å². The Morgan fingerprint density at radius 3 is 2.39 bits per heavy atom. The molecule has 0 bridgehead atoms. The van der Waals surface area contributed by atoms with E-state index in [1.54, 1.807) is 6.92 Å². The predicted octanol–water partition coefficient (Wildman–Crippen LogP) is 4.36. The van der Waals surface area contributed by atoms with Gasteiger partial charge in [-0.2, -0.15) is 0 Å². The van der Waals surface area contributed by atoms with Gasteiger partial charge in [0.2, 0.25) is 0 Å². The molecule has 1 aromatic carbocycles. The van der Waals surface area contributed by atoms with Crippen molar-refractivity contribution in [2.45, 2.75) is 46.6 Å². The second kappa shape index (κ2) is 6.83. The monoisotopic (exact) mass is 255 g/mol. The third-order valence-corrected chi connectivity index (χ3v) is 3.15. The molecule has 0 aliphatic carbocycles. The minimum atomic E-state index is -0.345. The Morgan fingerprint density at radius 2 is 1.78 bits per heavy atom. The summed E-state index contributed by atoms with van der Waals surface area (Å²) < 4.78 is 27.1. The molecule has 0 aromatic heterocycles. The number of halogens is 2. The van der Waals surface area contributed by atoms with E-state index in [9.17, 15) is 8.78 Å². The number of rotatable bonds is 6. The van der Waals surface area contributed by atoms with Crippen LogP contribution in [0.4, 0.5) is 8.78 Å². The quantitative estimate of drug-likeness (QED) is 0.745. The fourth-order valence-corrected chi connectivity index (χ4v) is 1.93. The molecule has 0 aliphatic rings. The first kappa shape index (κ1) is 15.1. The van der Waals surface area contributed by atoms with Gasteiger partial charge in [-0.1, -0.05) is 13.8 Å². The van der Waals surface area contributed by atoms with E-state index in [4.69, 9.17) is 0 Å². The molecule has 0 saturated carbocycles. The van der Waals surface area contributed by atoms with E-state index in [1.807, 2.05) is 6.92 Å². The molecule has 0 spiro atoms. The molecule has 0 fully saturated rings. The summed E-state index contributed by atoms with van der Waals surface area (Å²) in [6.07, 6.45) is 2.20. The molecule has 0 heterocycles. The summed E-state index contributed by atoms with van der Waals surface area (Å²) in [4.78, 5) is 0. The van der Waals surface area contributed by atoms with Crippen molar-refractivity contribution in [2.24, 2.45) is 5.92 Å².